The maximum atomic E-state index is 13.1. The fourth-order valence-corrected chi connectivity index (χ4v) is 4.20. The highest BCUT2D eigenvalue weighted by Crippen LogP contribution is 2.28. The predicted octanol–water partition coefficient (Wildman–Crippen LogP) is 2.70. The molecule has 2 aliphatic rings. The van der Waals surface area contributed by atoms with E-state index in [4.69, 9.17) is 0 Å². The van der Waals surface area contributed by atoms with Crippen LogP contribution in [0.3, 0.4) is 0 Å². The molecular weight excluding hydrogens is 352 g/mol. The number of piperazine rings is 1. The zero-order valence-corrected chi connectivity index (χ0v) is 17.4. The fraction of sp³-hybridized carbons (Fsp3) is 0.682. The van der Waals surface area contributed by atoms with Crippen molar-refractivity contribution in [1.82, 2.24) is 15.2 Å². The minimum atomic E-state index is -0.437. The van der Waals surface area contributed by atoms with E-state index in [-0.39, 0.29) is 23.7 Å². The van der Waals surface area contributed by atoms with Crippen molar-refractivity contribution in [2.45, 2.75) is 52.5 Å². The van der Waals surface area contributed by atoms with Crippen LogP contribution in [0.2, 0.25) is 0 Å². The zero-order chi connectivity index (χ0) is 20.1. The first-order valence-corrected chi connectivity index (χ1v) is 10.7. The molecule has 0 unspecified atom stereocenters. The van der Waals surface area contributed by atoms with Gasteiger partial charge in [0, 0.05) is 38.3 Å². The molecule has 1 N–H and O–H groups in total. The largest absolute Gasteiger partial charge is 0.353 e. The highest BCUT2D eigenvalue weighted by molar-refractivity contribution is 5.89. The Morgan fingerprint density at radius 1 is 1.07 bits per heavy atom. The molecule has 154 valence electrons. The van der Waals surface area contributed by atoms with E-state index in [9.17, 15) is 9.59 Å². The maximum absolute atomic E-state index is 13.1. The SMILES string of the molecule is CC1CCC(C(=O)N[C@@H](C(=O)N2CCN(c3ccccn3)CC2)C(C)C)CC1. The number of carbonyl (C=O) groups is 2. The van der Waals surface area contributed by atoms with Crippen LogP contribution in [0.5, 0.6) is 0 Å². The van der Waals surface area contributed by atoms with Crippen LogP contribution in [0, 0.1) is 17.8 Å². The van der Waals surface area contributed by atoms with Gasteiger partial charge in [0.2, 0.25) is 11.8 Å². The minimum Gasteiger partial charge on any atom is -0.353 e. The first-order chi connectivity index (χ1) is 13.5. The molecule has 1 atom stereocenters. The van der Waals surface area contributed by atoms with Crippen LogP contribution in [-0.2, 0) is 9.59 Å². The molecule has 0 bridgehead atoms. The number of nitrogens with one attached hydrogen (secondary N) is 1. The topological polar surface area (TPSA) is 65.5 Å². The van der Waals surface area contributed by atoms with E-state index in [0.29, 0.717) is 19.0 Å². The van der Waals surface area contributed by atoms with Gasteiger partial charge in [-0.1, -0.05) is 26.8 Å². The smallest absolute Gasteiger partial charge is 0.245 e. The van der Waals surface area contributed by atoms with Gasteiger partial charge < -0.3 is 15.1 Å². The van der Waals surface area contributed by atoms with Gasteiger partial charge in [-0.2, -0.15) is 0 Å². The second-order valence-corrected chi connectivity index (χ2v) is 8.69. The number of amides is 2. The van der Waals surface area contributed by atoms with Crippen molar-refractivity contribution in [1.29, 1.82) is 0 Å². The average Bonchev–Trinajstić information content (AvgIpc) is 2.72. The van der Waals surface area contributed by atoms with Crippen molar-refractivity contribution in [2.75, 3.05) is 31.1 Å². The Morgan fingerprint density at radius 2 is 1.75 bits per heavy atom. The highest BCUT2D eigenvalue weighted by Gasteiger charge is 2.33. The van der Waals surface area contributed by atoms with E-state index in [2.05, 4.69) is 22.1 Å². The molecule has 2 fully saturated rings. The summed E-state index contributed by atoms with van der Waals surface area (Å²) in [5.74, 6) is 1.91. The Hall–Kier alpha value is -2.11. The predicted molar refractivity (Wildman–Crippen MR) is 111 cm³/mol. The van der Waals surface area contributed by atoms with Gasteiger partial charge in [-0.05, 0) is 49.7 Å². The maximum Gasteiger partial charge on any atom is 0.245 e. The Kier molecular flexibility index (Phi) is 6.92. The zero-order valence-electron chi connectivity index (χ0n) is 17.4. The van der Waals surface area contributed by atoms with Crippen molar-refractivity contribution < 1.29 is 9.59 Å². The summed E-state index contributed by atoms with van der Waals surface area (Å²) in [5.41, 5.74) is 0. The quantitative estimate of drug-likeness (QED) is 0.845. The number of aromatic nitrogens is 1. The van der Waals surface area contributed by atoms with E-state index in [0.717, 1.165) is 44.6 Å². The van der Waals surface area contributed by atoms with Gasteiger partial charge in [0.25, 0.3) is 0 Å². The normalized spacial score (nSPS) is 24.1. The molecule has 1 aliphatic carbocycles. The first kappa shape index (κ1) is 20.6. The van der Waals surface area contributed by atoms with Crippen LogP contribution in [0.1, 0.15) is 46.5 Å². The lowest BCUT2D eigenvalue weighted by molar-refractivity contribution is -0.139. The summed E-state index contributed by atoms with van der Waals surface area (Å²) in [4.78, 5) is 34.4. The lowest BCUT2D eigenvalue weighted by atomic mass is 9.82. The molecule has 1 aliphatic heterocycles. The minimum absolute atomic E-state index is 0.0493. The van der Waals surface area contributed by atoms with Gasteiger partial charge in [-0.25, -0.2) is 4.98 Å². The monoisotopic (exact) mass is 386 g/mol. The molecule has 3 rings (SSSR count). The van der Waals surface area contributed by atoms with E-state index < -0.39 is 6.04 Å². The lowest BCUT2D eigenvalue weighted by Crippen LogP contribution is -2.57. The van der Waals surface area contributed by atoms with Crippen LogP contribution in [0.25, 0.3) is 0 Å². The second-order valence-electron chi connectivity index (χ2n) is 8.69. The van der Waals surface area contributed by atoms with Gasteiger partial charge in [-0.3, -0.25) is 9.59 Å². The molecule has 1 saturated heterocycles. The third-order valence-corrected chi connectivity index (χ3v) is 6.18. The Balaban J connectivity index is 1.55. The molecule has 1 aromatic rings. The molecule has 0 aromatic carbocycles. The number of hydrogen-bond acceptors (Lipinski definition) is 4. The molecule has 2 heterocycles. The molecule has 6 heteroatoms. The van der Waals surface area contributed by atoms with Gasteiger partial charge in [0.05, 0.1) is 0 Å². The molecule has 28 heavy (non-hydrogen) atoms. The summed E-state index contributed by atoms with van der Waals surface area (Å²) in [5, 5.41) is 3.08. The number of pyridine rings is 1. The van der Waals surface area contributed by atoms with E-state index in [1.165, 1.54) is 0 Å². The van der Waals surface area contributed by atoms with Crippen LogP contribution in [0.4, 0.5) is 5.82 Å². The standard InChI is InChI=1S/C22H34N4O2/c1-16(2)20(24-21(27)18-9-7-17(3)8-10-18)22(28)26-14-12-25(13-15-26)19-6-4-5-11-23-19/h4-6,11,16-18,20H,7-10,12-15H2,1-3H3,(H,24,27)/t17?,18?,20-/m1/s1. The van der Waals surface area contributed by atoms with Crippen molar-refractivity contribution in [3.63, 3.8) is 0 Å². The molecular formula is C22H34N4O2. The highest BCUT2D eigenvalue weighted by atomic mass is 16.2. The summed E-state index contributed by atoms with van der Waals surface area (Å²) >= 11 is 0. The van der Waals surface area contributed by atoms with E-state index >= 15 is 0 Å². The summed E-state index contributed by atoms with van der Waals surface area (Å²) in [6, 6.07) is 5.45. The number of anilines is 1. The number of nitrogens with zero attached hydrogens (tertiary/aromatic N) is 3. The van der Waals surface area contributed by atoms with Crippen LogP contribution >= 0.6 is 0 Å². The summed E-state index contributed by atoms with van der Waals surface area (Å²) in [6.45, 7) is 9.12. The molecule has 1 saturated carbocycles. The van der Waals surface area contributed by atoms with Gasteiger partial charge in [0.1, 0.15) is 11.9 Å². The lowest BCUT2D eigenvalue weighted by Gasteiger charge is -2.38. The van der Waals surface area contributed by atoms with Crippen molar-refractivity contribution in [2.24, 2.45) is 17.8 Å². The molecule has 0 radical (unpaired) electrons. The number of carbonyl (C=O) groups excluding carboxylic acids is 2. The molecule has 6 nitrogen and oxygen atoms in total. The van der Waals surface area contributed by atoms with Gasteiger partial charge in [0.15, 0.2) is 0 Å². The molecule has 0 spiro atoms. The summed E-state index contributed by atoms with van der Waals surface area (Å²) < 4.78 is 0. The average molecular weight is 387 g/mol. The Bertz CT molecular complexity index is 648. The van der Waals surface area contributed by atoms with Crippen LogP contribution in [0.15, 0.2) is 24.4 Å². The summed E-state index contributed by atoms with van der Waals surface area (Å²) in [6.07, 6.45) is 5.88. The Labute approximate surface area is 168 Å². The van der Waals surface area contributed by atoms with Crippen LogP contribution < -0.4 is 10.2 Å². The third-order valence-electron chi connectivity index (χ3n) is 6.18. The van der Waals surface area contributed by atoms with Crippen molar-refractivity contribution in [3.8, 4) is 0 Å². The molecule has 1 aromatic heterocycles. The van der Waals surface area contributed by atoms with Crippen LogP contribution in [-0.4, -0.2) is 53.9 Å². The Morgan fingerprint density at radius 3 is 2.32 bits per heavy atom. The van der Waals surface area contributed by atoms with Gasteiger partial charge >= 0.3 is 0 Å². The fourth-order valence-electron chi connectivity index (χ4n) is 4.20. The van der Waals surface area contributed by atoms with Crippen molar-refractivity contribution in [3.05, 3.63) is 24.4 Å². The first-order valence-electron chi connectivity index (χ1n) is 10.7. The van der Waals surface area contributed by atoms with E-state index in [1.54, 1.807) is 6.20 Å². The van der Waals surface area contributed by atoms with E-state index in [1.807, 2.05) is 36.9 Å². The van der Waals surface area contributed by atoms with Crippen molar-refractivity contribution >= 4 is 17.6 Å². The number of hydrogen-bond donors (Lipinski definition) is 1. The summed E-state index contributed by atoms with van der Waals surface area (Å²) in [7, 11) is 0. The molecule has 2 amide bonds. The number of rotatable bonds is 5. The third kappa shape index (κ3) is 5.03. The van der Waals surface area contributed by atoms with Gasteiger partial charge in [-0.15, -0.1) is 0 Å². The second kappa shape index (κ2) is 9.39.